The Hall–Kier alpha value is -2.69. The van der Waals surface area contributed by atoms with Gasteiger partial charge in [0.15, 0.2) is 0 Å². The van der Waals surface area contributed by atoms with Gasteiger partial charge in [-0.15, -0.1) is 0 Å². The summed E-state index contributed by atoms with van der Waals surface area (Å²) < 4.78 is 28.0. The highest BCUT2D eigenvalue weighted by Gasteiger charge is 2.23. The molecule has 0 aliphatic carbocycles. The number of anilines is 2. The zero-order valence-corrected chi connectivity index (χ0v) is 17.0. The zero-order valence-electron chi connectivity index (χ0n) is 17.0. The highest BCUT2D eigenvalue weighted by molar-refractivity contribution is 5.94. The first-order valence-corrected chi connectivity index (χ1v) is 10.3. The van der Waals surface area contributed by atoms with Crippen LogP contribution in [0.1, 0.15) is 32.3 Å². The molecule has 0 amide bonds. The van der Waals surface area contributed by atoms with Gasteiger partial charge in [-0.3, -0.25) is 4.99 Å². The van der Waals surface area contributed by atoms with Crippen LogP contribution in [-0.2, 0) is 6.42 Å². The summed E-state index contributed by atoms with van der Waals surface area (Å²) in [6, 6.07) is 12.2. The monoisotopic (exact) mass is 395 g/mol. The van der Waals surface area contributed by atoms with E-state index in [1.807, 2.05) is 55.3 Å². The second-order valence-corrected chi connectivity index (χ2v) is 8.02. The van der Waals surface area contributed by atoms with Gasteiger partial charge in [0.05, 0.1) is 5.69 Å². The summed E-state index contributed by atoms with van der Waals surface area (Å²) in [5, 5.41) is 0. The Bertz CT molecular complexity index is 912. The van der Waals surface area contributed by atoms with Crippen LogP contribution in [0.25, 0.3) is 0 Å². The van der Waals surface area contributed by atoms with Crippen LogP contribution < -0.4 is 9.80 Å². The number of aliphatic imine (C=N–C) groups is 1. The van der Waals surface area contributed by atoms with Crippen molar-refractivity contribution in [1.29, 1.82) is 0 Å². The standard InChI is InChI=1S/C24H27F2N3/c1-17-9-14-29(18(2)27-17)22-7-8-24(23(26)16-22)28-12-10-20(11-13-28)15-19-3-5-21(25)6-4-19/h3-9,14,16,18,20H,10-13,15H2,1-2H3. The summed E-state index contributed by atoms with van der Waals surface area (Å²) in [6.45, 7) is 5.65. The molecule has 1 fully saturated rings. The molecule has 1 atom stereocenters. The lowest BCUT2D eigenvalue weighted by atomic mass is 9.90. The van der Waals surface area contributed by atoms with Crippen molar-refractivity contribution in [3.05, 3.63) is 71.9 Å². The lowest BCUT2D eigenvalue weighted by Gasteiger charge is -2.34. The van der Waals surface area contributed by atoms with E-state index in [4.69, 9.17) is 0 Å². The van der Waals surface area contributed by atoms with E-state index in [0.29, 0.717) is 11.6 Å². The lowest BCUT2D eigenvalue weighted by molar-refractivity contribution is 0.401. The fourth-order valence-electron chi connectivity index (χ4n) is 4.26. The smallest absolute Gasteiger partial charge is 0.148 e. The van der Waals surface area contributed by atoms with Crippen LogP contribution in [0, 0.1) is 17.6 Å². The minimum absolute atomic E-state index is 0.0348. The van der Waals surface area contributed by atoms with Gasteiger partial charge in [0.2, 0.25) is 0 Å². The van der Waals surface area contributed by atoms with E-state index in [1.165, 1.54) is 17.7 Å². The van der Waals surface area contributed by atoms with Crippen molar-refractivity contribution in [3.8, 4) is 0 Å². The second kappa shape index (κ2) is 8.36. The first-order valence-electron chi connectivity index (χ1n) is 10.3. The largest absolute Gasteiger partial charge is 0.369 e. The van der Waals surface area contributed by atoms with Gasteiger partial charge in [0, 0.05) is 30.7 Å². The van der Waals surface area contributed by atoms with Crippen LogP contribution in [0.5, 0.6) is 0 Å². The molecule has 2 aliphatic heterocycles. The van der Waals surface area contributed by atoms with Crippen molar-refractivity contribution in [2.45, 2.75) is 39.3 Å². The fourth-order valence-corrected chi connectivity index (χ4v) is 4.26. The van der Waals surface area contributed by atoms with Crippen molar-refractivity contribution in [2.75, 3.05) is 22.9 Å². The predicted octanol–water partition coefficient (Wildman–Crippen LogP) is 5.56. The molecule has 4 rings (SSSR count). The van der Waals surface area contributed by atoms with Crippen LogP contribution >= 0.6 is 0 Å². The average molecular weight is 395 g/mol. The summed E-state index contributed by atoms with van der Waals surface area (Å²) in [6.07, 6.45) is 6.85. The molecule has 2 aromatic rings. The molecule has 1 unspecified atom stereocenters. The summed E-state index contributed by atoms with van der Waals surface area (Å²) in [7, 11) is 0. The SMILES string of the molecule is CC1=NC(C)N(c2ccc(N3CCC(Cc4ccc(F)cc4)CC3)c(F)c2)C=C1. The maximum atomic E-state index is 14.9. The number of allylic oxidation sites excluding steroid dienone is 1. The molecule has 2 aromatic carbocycles. The number of benzene rings is 2. The van der Waals surface area contributed by atoms with E-state index >= 15 is 0 Å². The Kier molecular flexibility index (Phi) is 5.65. The third kappa shape index (κ3) is 4.50. The van der Waals surface area contributed by atoms with Crippen molar-refractivity contribution < 1.29 is 8.78 Å². The zero-order chi connectivity index (χ0) is 20.4. The minimum Gasteiger partial charge on any atom is -0.369 e. The van der Waals surface area contributed by atoms with Gasteiger partial charge in [-0.1, -0.05) is 12.1 Å². The number of piperidine rings is 1. The van der Waals surface area contributed by atoms with E-state index in [1.54, 1.807) is 6.07 Å². The topological polar surface area (TPSA) is 18.8 Å². The van der Waals surface area contributed by atoms with Crippen molar-refractivity contribution in [1.82, 2.24) is 0 Å². The van der Waals surface area contributed by atoms with E-state index < -0.39 is 0 Å². The Morgan fingerprint density at radius 3 is 2.41 bits per heavy atom. The molecule has 152 valence electrons. The van der Waals surface area contributed by atoms with Crippen molar-refractivity contribution >= 4 is 17.1 Å². The van der Waals surface area contributed by atoms with Crippen LogP contribution in [-0.4, -0.2) is 25.0 Å². The van der Waals surface area contributed by atoms with Crippen LogP contribution in [0.15, 0.2) is 59.7 Å². The fraction of sp³-hybridized carbons (Fsp3) is 0.375. The quantitative estimate of drug-likeness (QED) is 0.674. The molecule has 2 aliphatic rings. The summed E-state index contributed by atoms with van der Waals surface area (Å²) in [4.78, 5) is 8.65. The van der Waals surface area contributed by atoms with Gasteiger partial charge in [0.25, 0.3) is 0 Å². The number of nitrogens with zero attached hydrogens (tertiary/aromatic N) is 3. The van der Waals surface area contributed by atoms with Crippen molar-refractivity contribution in [3.63, 3.8) is 0 Å². The highest BCUT2D eigenvalue weighted by atomic mass is 19.1. The Morgan fingerprint density at radius 2 is 1.76 bits per heavy atom. The third-order valence-electron chi connectivity index (χ3n) is 5.89. The first kappa shape index (κ1) is 19.6. The summed E-state index contributed by atoms with van der Waals surface area (Å²) >= 11 is 0. The lowest BCUT2D eigenvalue weighted by Crippen LogP contribution is -2.35. The number of hydrogen-bond acceptors (Lipinski definition) is 3. The predicted molar refractivity (Wildman–Crippen MR) is 116 cm³/mol. The molecular formula is C24H27F2N3. The second-order valence-electron chi connectivity index (χ2n) is 8.02. The van der Waals surface area contributed by atoms with Crippen LogP contribution in [0.3, 0.4) is 0 Å². The molecular weight excluding hydrogens is 368 g/mol. The minimum atomic E-state index is -0.195. The number of rotatable bonds is 4. The molecule has 0 radical (unpaired) electrons. The van der Waals surface area contributed by atoms with Crippen molar-refractivity contribution in [2.24, 2.45) is 10.9 Å². The molecule has 0 aromatic heterocycles. The normalized spacial score (nSPS) is 20.1. The molecule has 0 N–H and O–H groups in total. The maximum absolute atomic E-state index is 14.9. The summed E-state index contributed by atoms with van der Waals surface area (Å²) in [5.41, 5.74) is 3.64. The van der Waals surface area contributed by atoms with Gasteiger partial charge >= 0.3 is 0 Å². The Balaban J connectivity index is 1.38. The van der Waals surface area contributed by atoms with Crippen LogP contribution in [0.2, 0.25) is 0 Å². The molecule has 5 heteroatoms. The van der Waals surface area contributed by atoms with Gasteiger partial charge in [-0.25, -0.2) is 8.78 Å². The highest BCUT2D eigenvalue weighted by Crippen LogP contribution is 2.31. The summed E-state index contributed by atoms with van der Waals surface area (Å²) in [5.74, 6) is 0.171. The maximum Gasteiger partial charge on any atom is 0.148 e. The van der Waals surface area contributed by atoms with E-state index in [9.17, 15) is 8.78 Å². The Labute approximate surface area is 171 Å². The molecule has 0 saturated carbocycles. The average Bonchev–Trinajstić information content (AvgIpc) is 2.70. The van der Waals surface area contributed by atoms with Gasteiger partial charge < -0.3 is 9.80 Å². The first-order chi connectivity index (χ1) is 14.0. The third-order valence-corrected chi connectivity index (χ3v) is 5.89. The number of hydrogen-bond donors (Lipinski definition) is 0. The van der Waals surface area contributed by atoms with E-state index in [0.717, 1.165) is 43.8 Å². The Morgan fingerprint density at radius 1 is 1.03 bits per heavy atom. The van der Waals surface area contributed by atoms with Gasteiger partial charge in [-0.2, -0.15) is 0 Å². The number of halogens is 2. The molecule has 1 saturated heterocycles. The van der Waals surface area contributed by atoms with Gasteiger partial charge in [0.1, 0.15) is 17.8 Å². The molecule has 29 heavy (non-hydrogen) atoms. The molecule has 0 spiro atoms. The van der Waals surface area contributed by atoms with Gasteiger partial charge in [-0.05, 0) is 81.0 Å². The molecule has 0 bridgehead atoms. The van der Waals surface area contributed by atoms with E-state index in [2.05, 4.69) is 9.89 Å². The van der Waals surface area contributed by atoms with Crippen LogP contribution in [0.4, 0.5) is 20.2 Å². The van der Waals surface area contributed by atoms with E-state index in [-0.39, 0.29) is 17.8 Å². The molecule has 3 nitrogen and oxygen atoms in total. The molecule has 2 heterocycles.